The third-order valence-electron chi connectivity index (χ3n) is 5.02. The first-order valence-electron chi connectivity index (χ1n) is 9.40. The van der Waals surface area contributed by atoms with Crippen LogP contribution >= 0.6 is 0 Å². The van der Waals surface area contributed by atoms with Gasteiger partial charge in [0.05, 0.1) is 22.8 Å². The van der Waals surface area contributed by atoms with Crippen molar-refractivity contribution in [1.82, 2.24) is 14.8 Å². The summed E-state index contributed by atoms with van der Waals surface area (Å²) >= 11 is 0. The summed E-state index contributed by atoms with van der Waals surface area (Å²) in [7, 11) is -0.335. The SMILES string of the molecule is CC(C)(C)O.CC1(C)OB(c2cnn(C3CCN(N)CC3)c2)OC1(C)C. The van der Waals surface area contributed by atoms with E-state index in [1.165, 1.54) is 0 Å². The number of aliphatic hydroxyl groups is 1. The van der Waals surface area contributed by atoms with Crippen LogP contribution in [0.25, 0.3) is 0 Å². The average Bonchev–Trinajstić information content (AvgIpc) is 3.01. The van der Waals surface area contributed by atoms with Crippen LogP contribution in [-0.2, 0) is 9.31 Å². The fourth-order valence-corrected chi connectivity index (χ4v) is 2.80. The summed E-state index contributed by atoms with van der Waals surface area (Å²) in [4.78, 5) is 0. The van der Waals surface area contributed by atoms with Crippen molar-refractivity contribution in [3.8, 4) is 0 Å². The minimum absolute atomic E-state index is 0.315. The molecule has 1 aromatic rings. The van der Waals surface area contributed by atoms with E-state index in [4.69, 9.17) is 20.3 Å². The van der Waals surface area contributed by atoms with Gasteiger partial charge >= 0.3 is 7.12 Å². The van der Waals surface area contributed by atoms with Crippen LogP contribution in [0.4, 0.5) is 0 Å². The molecule has 8 heteroatoms. The van der Waals surface area contributed by atoms with Crippen molar-refractivity contribution in [1.29, 1.82) is 0 Å². The molecule has 0 saturated carbocycles. The summed E-state index contributed by atoms with van der Waals surface area (Å²) in [5.41, 5.74) is -0.140. The first-order chi connectivity index (χ1) is 11.8. The molecule has 7 nitrogen and oxygen atoms in total. The second-order valence-corrected chi connectivity index (χ2v) is 9.28. The van der Waals surface area contributed by atoms with Crippen molar-refractivity contribution in [2.45, 2.75) is 84.2 Å². The summed E-state index contributed by atoms with van der Waals surface area (Å²) in [6.45, 7) is 15.3. The molecule has 0 aromatic carbocycles. The van der Waals surface area contributed by atoms with Gasteiger partial charge in [0.1, 0.15) is 0 Å². The van der Waals surface area contributed by atoms with Gasteiger partial charge in [-0.2, -0.15) is 5.10 Å². The minimum Gasteiger partial charge on any atom is -0.399 e. The van der Waals surface area contributed by atoms with Crippen LogP contribution in [0.1, 0.15) is 67.3 Å². The van der Waals surface area contributed by atoms with Crippen molar-refractivity contribution in [2.75, 3.05) is 13.1 Å². The van der Waals surface area contributed by atoms with E-state index in [-0.39, 0.29) is 18.3 Å². The maximum Gasteiger partial charge on any atom is 0.498 e. The summed E-state index contributed by atoms with van der Waals surface area (Å²) in [6, 6.07) is 0.418. The predicted molar refractivity (Wildman–Crippen MR) is 104 cm³/mol. The first kappa shape index (κ1) is 21.4. The minimum atomic E-state index is -0.500. The maximum absolute atomic E-state index is 8.52. The Bertz CT molecular complexity index is 568. The van der Waals surface area contributed by atoms with Gasteiger partial charge in [-0.3, -0.25) is 10.5 Å². The van der Waals surface area contributed by atoms with Gasteiger partial charge in [-0.15, -0.1) is 0 Å². The monoisotopic (exact) mass is 366 g/mol. The molecule has 0 spiro atoms. The number of hydrogen-bond donors (Lipinski definition) is 2. The van der Waals surface area contributed by atoms with Crippen molar-refractivity contribution in [2.24, 2.45) is 5.84 Å². The summed E-state index contributed by atoms with van der Waals surface area (Å²) in [5, 5.41) is 14.9. The van der Waals surface area contributed by atoms with Gasteiger partial charge in [-0.1, -0.05) is 0 Å². The Labute approximate surface area is 157 Å². The number of nitrogens with zero attached hydrogens (tertiary/aromatic N) is 3. The van der Waals surface area contributed by atoms with Crippen LogP contribution in [-0.4, -0.2) is 56.9 Å². The zero-order valence-corrected chi connectivity index (χ0v) is 17.3. The molecule has 0 bridgehead atoms. The molecule has 0 aliphatic carbocycles. The lowest BCUT2D eigenvalue weighted by Crippen LogP contribution is -2.41. The molecule has 2 fully saturated rings. The highest BCUT2D eigenvalue weighted by Gasteiger charge is 2.52. The molecule has 148 valence electrons. The van der Waals surface area contributed by atoms with Crippen LogP contribution in [0, 0.1) is 0 Å². The quantitative estimate of drug-likeness (QED) is 0.609. The molecule has 3 heterocycles. The molecule has 3 N–H and O–H groups in total. The molecular weight excluding hydrogens is 331 g/mol. The van der Waals surface area contributed by atoms with Gasteiger partial charge in [0.15, 0.2) is 0 Å². The molecule has 2 aliphatic rings. The predicted octanol–water partition coefficient (Wildman–Crippen LogP) is 1.47. The second kappa shape index (κ2) is 7.60. The zero-order valence-electron chi connectivity index (χ0n) is 17.3. The molecular formula is C18H35BN4O3. The number of aromatic nitrogens is 2. The molecule has 0 amide bonds. The summed E-state index contributed by atoms with van der Waals surface area (Å²) in [6.07, 6.45) is 5.97. The molecule has 0 atom stereocenters. The van der Waals surface area contributed by atoms with E-state index in [9.17, 15) is 0 Å². The normalized spacial score (nSPS) is 23.7. The van der Waals surface area contributed by atoms with E-state index >= 15 is 0 Å². The second-order valence-electron chi connectivity index (χ2n) is 9.28. The van der Waals surface area contributed by atoms with E-state index in [0.29, 0.717) is 6.04 Å². The smallest absolute Gasteiger partial charge is 0.399 e. The molecule has 1 aromatic heterocycles. The largest absolute Gasteiger partial charge is 0.498 e. The molecule has 0 unspecified atom stereocenters. The van der Waals surface area contributed by atoms with Gasteiger partial charge in [-0.25, -0.2) is 5.01 Å². The Morgan fingerprint density at radius 3 is 2.08 bits per heavy atom. The van der Waals surface area contributed by atoms with Crippen LogP contribution in [0.3, 0.4) is 0 Å². The van der Waals surface area contributed by atoms with Crippen LogP contribution in [0.5, 0.6) is 0 Å². The van der Waals surface area contributed by atoms with Gasteiger partial charge in [0, 0.05) is 30.9 Å². The van der Waals surface area contributed by atoms with Crippen molar-refractivity contribution >= 4 is 12.6 Å². The van der Waals surface area contributed by atoms with Gasteiger partial charge in [0.2, 0.25) is 0 Å². The fourth-order valence-electron chi connectivity index (χ4n) is 2.80. The van der Waals surface area contributed by atoms with Gasteiger partial charge < -0.3 is 14.4 Å². The Morgan fingerprint density at radius 2 is 1.62 bits per heavy atom. The van der Waals surface area contributed by atoms with Crippen molar-refractivity contribution < 1.29 is 14.4 Å². The zero-order chi connectivity index (χ0) is 19.8. The standard InChI is InChI=1S/C14H25BN4O2.C4H10O/c1-13(2)14(3,4)21-15(20-13)11-9-17-19(10-11)12-5-7-18(16)8-6-12;1-4(2,3)5/h9-10,12H,5-8,16H2,1-4H3;5H,1-3H3. The highest BCUT2D eigenvalue weighted by Crippen LogP contribution is 2.36. The Kier molecular flexibility index (Phi) is 6.25. The number of piperidine rings is 1. The lowest BCUT2D eigenvalue weighted by Gasteiger charge is -2.32. The summed E-state index contributed by atoms with van der Waals surface area (Å²) < 4.78 is 14.2. The highest BCUT2D eigenvalue weighted by atomic mass is 16.7. The fraction of sp³-hybridized carbons (Fsp3) is 0.833. The average molecular weight is 366 g/mol. The number of rotatable bonds is 2. The van der Waals surface area contributed by atoms with Gasteiger partial charge in [-0.05, 0) is 61.3 Å². The Hall–Kier alpha value is -0.925. The van der Waals surface area contributed by atoms with E-state index in [1.807, 2.05) is 15.9 Å². The van der Waals surface area contributed by atoms with Gasteiger partial charge in [0.25, 0.3) is 0 Å². The number of nitrogens with two attached hydrogens (primary N) is 1. The Balaban J connectivity index is 0.000000431. The van der Waals surface area contributed by atoms with Crippen molar-refractivity contribution in [3.63, 3.8) is 0 Å². The maximum atomic E-state index is 8.52. The molecule has 3 rings (SSSR count). The highest BCUT2D eigenvalue weighted by molar-refractivity contribution is 6.62. The first-order valence-corrected chi connectivity index (χ1v) is 9.40. The number of hydrogen-bond acceptors (Lipinski definition) is 6. The topological polar surface area (TPSA) is 85.8 Å². The molecule has 2 aliphatic heterocycles. The Morgan fingerprint density at radius 1 is 1.15 bits per heavy atom. The van der Waals surface area contributed by atoms with Crippen LogP contribution in [0.2, 0.25) is 0 Å². The molecule has 0 radical (unpaired) electrons. The molecule has 26 heavy (non-hydrogen) atoms. The van der Waals surface area contributed by atoms with Crippen molar-refractivity contribution in [3.05, 3.63) is 12.4 Å². The third-order valence-corrected chi connectivity index (χ3v) is 5.02. The van der Waals surface area contributed by atoms with E-state index in [2.05, 4.69) is 39.0 Å². The third kappa shape index (κ3) is 5.53. The lowest BCUT2D eigenvalue weighted by atomic mass is 9.82. The van der Waals surface area contributed by atoms with Crippen LogP contribution in [0.15, 0.2) is 12.4 Å². The molecule has 2 saturated heterocycles. The summed E-state index contributed by atoms with van der Waals surface area (Å²) in [5.74, 6) is 5.80. The number of hydrazine groups is 1. The van der Waals surface area contributed by atoms with E-state index in [0.717, 1.165) is 31.4 Å². The van der Waals surface area contributed by atoms with Crippen LogP contribution < -0.4 is 11.3 Å². The van der Waals surface area contributed by atoms with E-state index in [1.54, 1.807) is 20.8 Å². The van der Waals surface area contributed by atoms with E-state index < -0.39 is 5.60 Å². The lowest BCUT2D eigenvalue weighted by molar-refractivity contribution is 0.00578.